The highest BCUT2D eigenvalue weighted by molar-refractivity contribution is 7.99. The lowest BCUT2D eigenvalue weighted by atomic mass is 10.1. The van der Waals surface area contributed by atoms with Crippen LogP contribution in [0.15, 0.2) is 18.7 Å². The smallest absolute Gasteiger partial charge is 0.414 e. The highest BCUT2D eigenvalue weighted by Crippen LogP contribution is 2.12. The molecule has 1 aromatic rings. The summed E-state index contributed by atoms with van der Waals surface area (Å²) in [6.07, 6.45) is 21.7. The first-order valence-electron chi connectivity index (χ1n) is 10.5. The van der Waals surface area contributed by atoms with E-state index in [9.17, 15) is 0 Å². The van der Waals surface area contributed by atoms with Crippen LogP contribution in [-0.2, 0) is 20.9 Å². The van der Waals surface area contributed by atoms with E-state index in [1.807, 2.05) is 30.5 Å². The Morgan fingerprint density at radius 3 is 2.00 bits per heavy atom. The molecular formula is C21H38N2O5S. The Balaban J connectivity index is 0.00000113. The molecule has 1 rings (SSSR count). The summed E-state index contributed by atoms with van der Waals surface area (Å²) >= 11 is 1.88. The van der Waals surface area contributed by atoms with Crippen molar-refractivity contribution in [2.75, 3.05) is 19.5 Å². The van der Waals surface area contributed by atoms with Gasteiger partial charge < -0.3 is 19.5 Å². The predicted octanol–water partition coefficient (Wildman–Crippen LogP) is 4.71. The van der Waals surface area contributed by atoms with Crippen LogP contribution in [0.5, 0.6) is 0 Å². The Morgan fingerprint density at radius 1 is 1.00 bits per heavy atom. The maximum absolute atomic E-state index is 9.10. The van der Waals surface area contributed by atoms with Crippen molar-refractivity contribution in [1.29, 1.82) is 0 Å². The van der Waals surface area contributed by atoms with Crippen LogP contribution in [0, 0.1) is 0 Å². The highest BCUT2D eigenvalue weighted by atomic mass is 32.2. The van der Waals surface area contributed by atoms with Gasteiger partial charge in [0, 0.05) is 30.8 Å². The van der Waals surface area contributed by atoms with Crippen molar-refractivity contribution in [1.82, 2.24) is 9.55 Å². The van der Waals surface area contributed by atoms with E-state index in [-0.39, 0.29) is 0 Å². The Labute approximate surface area is 179 Å². The van der Waals surface area contributed by atoms with E-state index < -0.39 is 11.9 Å². The van der Waals surface area contributed by atoms with Crippen molar-refractivity contribution in [3.63, 3.8) is 0 Å². The van der Waals surface area contributed by atoms with E-state index in [2.05, 4.69) is 22.7 Å². The van der Waals surface area contributed by atoms with Gasteiger partial charge in [0.25, 0.3) is 0 Å². The second-order valence-corrected chi connectivity index (χ2v) is 8.12. The van der Waals surface area contributed by atoms with Gasteiger partial charge in [-0.2, -0.15) is 11.8 Å². The number of aliphatic carboxylic acids is 2. The molecule has 0 aromatic carbocycles. The molecule has 29 heavy (non-hydrogen) atoms. The van der Waals surface area contributed by atoms with Crippen LogP contribution in [0.4, 0.5) is 0 Å². The van der Waals surface area contributed by atoms with E-state index in [0.29, 0.717) is 5.25 Å². The number of unbranched alkanes of at least 4 members (excludes halogenated alkanes) is 9. The van der Waals surface area contributed by atoms with Crippen LogP contribution in [0.25, 0.3) is 0 Å². The number of carbonyl (C=O) groups is 2. The average molecular weight is 431 g/mol. The minimum atomic E-state index is -1.82. The lowest BCUT2D eigenvalue weighted by Gasteiger charge is -2.15. The van der Waals surface area contributed by atoms with Gasteiger partial charge in [0.2, 0.25) is 0 Å². The largest absolute Gasteiger partial charge is 0.473 e. The zero-order chi connectivity index (χ0) is 21.7. The van der Waals surface area contributed by atoms with E-state index in [0.717, 1.165) is 19.8 Å². The topological polar surface area (TPSA) is 102 Å². The number of nitrogens with zero attached hydrogens (tertiary/aromatic N) is 2. The van der Waals surface area contributed by atoms with E-state index in [1.54, 1.807) is 0 Å². The molecule has 8 heteroatoms. The van der Waals surface area contributed by atoms with E-state index >= 15 is 0 Å². The van der Waals surface area contributed by atoms with Gasteiger partial charge in [-0.25, -0.2) is 14.6 Å². The first-order valence-corrected chi connectivity index (χ1v) is 11.8. The molecule has 1 aromatic heterocycles. The molecule has 0 saturated heterocycles. The van der Waals surface area contributed by atoms with Crippen molar-refractivity contribution in [2.24, 2.45) is 0 Å². The lowest BCUT2D eigenvalue weighted by molar-refractivity contribution is -0.159. The molecule has 0 aliphatic heterocycles. The van der Waals surface area contributed by atoms with Gasteiger partial charge in [0.1, 0.15) is 0 Å². The fraction of sp³-hybridized carbons (Fsp3) is 0.762. The molecule has 1 heterocycles. The normalized spacial score (nSPS) is 11.5. The number of rotatable bonds is 16. The summed E-state index contributed by atoms with van der Waals surface area (Å²) in [6, 6.07) is 0. The molecule has 0 aliphatic carbocycles. The summed E-state index contributed by atoms with van der Waals surface area (Å²) in [4.78, 5) is 22.3. The molecule has 0 spiro atoms. The van der Waals surface area contributed by atoms with E-state index in [4.69, 9.17) is 24.5 Å². The van der Waals surface area contributed by atoms with Crippen molar-refractivity contribution >= 4 is 23.7 Å². The van der Waals surface area contributed by atoms with Crippen molar-refractivity contribution < 1.29 is 24.5 Å². The Morgan fingerprint density at radius 2 is 1.55 bits per heavy atom. The van der Waals surface area contributed by atoms with Gasteiger partial charge in [-0.05, 0) is 12.7 Å². The van der Waals surface area contributed by atoms with Gasteiger partial charge in [-0.15, -0.1) is 0 Å². The standard InChI is InChI=1S/C19H36N2OS.C2H2O4/c1-3-4-5-6-7-8-9-10-11-12-15-22-17-19(23-2)16-21-14-13-20-18-21;3-1(4)2(5)6/h13-14,18-19H,3-12,15-17H2,1-2H3;(H,3,4)(H,5,6). The second kappa shape index (κ2) is 19.8. The van der Waals surface area contributed by atoms with E-state index in [1.165, 1.54) is 64.2 Å². The number of imidazole rings is 1. The van der Waals surface area contributed by atoms with Crippen molar-refractivity contribution in [3.8, 4) is 0 Å². The summed E-state index contributed by atoms with van der Waals surface area (Å²) in [7, 11) is 0. The Hall–Kier alpha value is -1.54. The molecule has 0 radical (unpaired) electrons. The van der Waals surface area contributed by atoms with Gasteiger partial charge in [-0.1, -0.05) is 64.7 Å². The zero-order valence-electron chi connectivity index (χ0n) is 17.9. The fourth-order valence-corrected chi connectivity index (χ4v) is 3.29. The van der Waals surface area contributed by atoms with Crippen LogP contribution in [0.1, 0.15) is 71.1 Å². The van der Waals surface area contributed by atoms with Crippen molar-refractivity contribution in [2.45, 2.75) is 82.9 Å². The summed E-state index contributed by atoms with van der Waals surface area (Å²) in [5.41, 5.74) is 0. The molecular weight excluding hydrogens is 392 g/mol. The third-order valence-electron chi connectivity index (χ3n) is 4.44. The summed E-state index contributed by atoms with van der Waals surface area (Å²) in [5.74, 6) is -3.65. The van der Waals surface area contributed by atoms with Crippen molar-refractivity contribution in [3.05, 3.63) is 18.7 Å². The molecule has 0 fully saturated rings. The Bertz CT molecular complexity index is 499. The number of hydrogen-bond donors (Lipinski definition) is 2. The maximum Gasteiger partial charge on any atom is 0.414 e. The molecule has 2 N–H and O–H groups in total. The number of thioether (sulfide) groups is 1. The number of carboxylic acids is 2. The molecule has 0 bridgehead atoms. The van der Waals surface area contributed by atoms with Crippen LogP contribution in [0.3, 0.4) is 0 Å². The maximum atomic E-state index is 9.10. The molecule has 168 valence electrons. The summed E-state index contributed by atoms with van der Waals surface area (Å²) < 4.78 is 7.98. The number of ether oxygens (including phenoxy) is 1. The number of carboxylic acid groups (broad SMARTS) is 2. The third kappa shape index (κ3) is 18.2. The van der Waals surface area contributed by atoms with Crippen LogP contribution in [-0.4, -0.2) is 56.4 Å². The minimum absolute atomic E-state index is 0.521. The quantitative estimate of drug-likeness (QED) is 0.289. The SMILES string of the molecule is CCCCCCCCCCCCOCC(Cn1ccnc1)SC.O=C(O)C(=O)O. The molecule has 0 aliphatic rings. The monoisotopic (exact) mass is 430 g/mol. The van der Waals surface area contributed by atoms with Gasteiger partial charge in [-0.3, -0.25) is 0 Å². The molecule has 7 nitrogen and oxygen atoms in total. The first kappa shape index (κ1) is 27.5. The molecule has 0 amide bonds. The van der Waals surface area contributed by atoms with Gasteiger partial charge >= 0.3 is 11.9 Å². The summed E-state index contributed by atoms with van der Waals surface area (Å²) in [5, 5.41) is 15.3. The molecule has 1 atom stereocenters. The summed E-state index contributed by atoms with van der Waals surface area (Å²) in [6.45, 7) is 5.02. The lowest BCUT2D eigenvalue weighted by Crippen LogP contribution is -2.18. The van der Waals surface area contributed by atoms with Crippen LogP contribution in [0.2, 0.25) is 0 Å². The minimum Gasteiger partial charge on any atom is -0.473 e. The van der Waals surface area contributed by atoms with Crippen LogP contribution < -0.4 is 0 Å². The van der Waals surface area contributed by atoms with Gasteiger partial charge in [0.05, 0.1) is 12.9 Å². The first-order chi connectivity index (χ1) is 14.0. The van der Waals surface area contributed by atoms with Gasteiger partial charge in [0.15, 0.2) is 0 Å². The highest BCUT2D eigenvalue weighted by Gasteiger charge is 2.07. The third-order valence-corrected chi connectivity index (χ3v) is 5.39. The Kier molecular flexibility index (Phi) is 18.7. The molecule has 1 unspecified atom stereocenters. The second-order valence-electron chi connectivity index (χ2n) is 6.98. The number of aromatic nitrogens is 2. The predicted molar refractivity (Wildman–Crippen MR) is 117 cm³/mol. The molecule has 0 saturated carbocycles. The average Bonchev–Trinajstić information content (AvgIpc) is 3.21. The van der Waals surface area contributed by atoms with Crippen LogP contribution >= 0.6 is 11.8 Å². The number of hydrogen-bond acceptors (Lipinski definition) is 5. The zero-order valence-corrected chi connectivity index (χ0v) is 18.7. The fourth-order valence-electron chi connectivity index (χ4n) is 2.73.